The Morgan fingerprint density at radius 1 is 1.27 bits per heavy atom. The van der Waals surface area contributed by atoms with Crippen molar-refractivity contribution < 1.29 is 8.42 Å². The van der Waals surface area contributed by atoms with Gasteiger partial charge in [-0.1, -0.05) is 6.07 Å². The fraction of sp³-hybridized carbons (Fsp3) is 0.294. The van der Waals surface area contributed by atoms with E-state index in [1.54, 1.807) is 24.4 Å². The molecular weight excluding hydrogens is 352 g/mol. The predicted molar refractivity (Wildman–Crippen MR) is 99.6 cm³/mol. The fourth-order valence-electron chi connectivity index (χ4n) is 3.11. The third-order valence-electron chi connectivity index (χ3n) is 4.19. The van der Waals surface area contributed by atoms with Crippen molar-refractivity contribution in [3.05, 3.63) is 48.4 Å². The molecule has 0 saturated heterocycles. The Balaban J connectivity index is 1.71. The average Bonchev–Trinajstić information content (AvgIpc) is 3.16. The SMILES string of the molecule is CS(=O)(=O)Nc1cccc(-n2ccnc2-c2cc3n(n2)CCCNC3)c1. The maximum Gasteiger partial charge on any atom is 0.229 e. The molecule has 9 heteroatoms. The number of hydrogen-bond donors (Lipinski definition) is 2. The van der Waals surface area contributed by atoms with Crippen LogP contribution in [-0.2, 0) is 23.1 Å². The lowest BCUT2D eigenvalue weighted by Crippen LogP contribution is -2.11. The molecule has 0 saturated carbocycles. The number of benzene rings is 1. The van der Waals surface area contributed by atoms with Gasteiger partial charge >= 0.3 is 0 Å². The summed E-state index contributed by atoms with van der Waals surface area (Å²) in [5.41, 5.74) is 3.26. The van der Waals surface area contributed by atoms with Crippen molar-refractivity contribution in [3.8, 4) is 17.2 Å². The summed E-state index contributed by atoms with van der Waals surface area (Å²) < 4.78 is 29.4. The topological polar surface area (TPSA) is 93.8 Å². The Hall–Kier alpha value is -2.65. The number of nitrogens with one attached hydrogen (secondary N) is 2. The van der Waals surface area contributed by atoms with E-state index in [2.05, 4.69) is 21.1 Å². The van der Waals surface area contributed by atoms with Crippen molar-refractivity contribution in [2.45, 2.75) is 19.5 Å². The highest BCUT2D eigenvalue weighted by Gasteiger charge is 2.16. The van der Waals surface area contributed by atoms with Crippen LogP contribution in [0.1, 0.15) is 12.1 Å². The zero-order valence-electron chi connectivity index (χ0n) is 14.4. The number of sulfonamides is 1. The maximum atomic E-state index is 11.5. The Labute approximate surface area is 151 Å². The van der Waals surface area contributed by atoms with Crippen molar-refractivity contribution >= 4 is 15.7 Å². The molecule has 2 aromatic heterocycles. The molecule has 3 heterocycles. The van der Waals surface area contributed by atoms with Crippen LogP contribution in [0, 0.1) is 0 Å². The minimum atomic E-state index is -3.33. The minimum Gasteiger partial charge on any atom is -0.311 e. The molecule has 0 amide bonds. The zero-order valence-corrected chi connectivity index (χ0v) is 15.2. The van der Waals surface area contributed by atoms with E-state index in [0.29, 0.717) is 5.69 Å². The van der Waals surface area contributed by atoms with Gasteiger partial charge in [0, 0.05) is 31.2 Å². The lowest BCUT2D eigenvalue weighted by molar-refractivity contribution is 0.588. The van der Waals surface area contributed by atoms with Crippen molar-refractivity contribution in [2.75, 3.05) is 17.5 Å². The van der Waals surface area contributed by atoms with Crippen molar-refractivity contribution in [1.29, 1.82) is 0 Å². The Kier molecular flexibility index (Phi) is 4.25. The van der Waals surface area contributed by atoms with Gasteiger partial charge in [0.15, 0.2) is 5.82 Å². The summed E-state index contributed by atoms with van der Waals surface area (Å²) in [6, 6.07) is 9.25. The molecule has 136 valence electrons. The number of rotatable bonds is 4. The van der Waals surface area contributed by atoms with Gasteiger partial charge in [-0.25, -0.2) is 13.4 Å². The number of aromatic nitrogens is 4. The number of fused-ring (bicyclic) bond motifs is 1. The van der Waals surface area contributed by atoms with Crippen molar-refractivity contribution in [3.63, 3.8) is 0 Å². The van der Waals surface area contributed by atoms with Crippen molar-refractivity contribution in [1.82, 2.24) is 24.6 Å². The second kappa shape index (κ2) is 6.58. The van der Waals surface area contributed by atoms with Crippen LogP contribution in [-0.4, -0.2) is 40.5 Å². The summed E-state index contributed by atoms with van der Waals surface area (Å²) in [7, 11) is -3.33. The van der Waals surface area contributed by atoms with Gasteiger partial charge in [-0.15, -0.1) is 0 Å². The number of nitrogens with zero attached hydrogens (tertiary/aromatic N) is 4. The summed E-state index contributed by atoms with van der Waals surface area (Å²) in [5.74, 6) is 0.724. The molecule has 4 rings (SSSR count). The molecule has 3 aromatic rings. The van der Waals surface area contributed by atoms with E-state index in [1.165, 1.54) is 0 Å². The van der Waals surface area contributed by atoms with Gasteiger partial charge in [-0.3, -0.25) is 14.0 Å². The molecule has 2 N–H and O–H groups in total. The lowest BCUT2D eigenvalue weighted by Gasteiger charge is -2.09. The lowest BCUT2D eigenvalue weighted by atomic mass is 10.2. The van der Waals surface area contributed by atoms with Gasteiger partial charge in [0.2, 0.25) is 10.0 Å². The number of hydrogen-bond acceptors (Lipinski definition) is 5. The molecule has 1 aromatic carbocycles. The second-order valence-electron chi connectivity index (χ2n) is 6.32. The molecule has 0 spiro atoms. The van der Waals surface area contributed by atoms with E-state index < -0.39 is 10.0 Å². The molecule has 1 aliphatic rings. The first-order valence-corrected chi connectivity index (χ1v) is 10.3. The molecular formula is C17H20N6O2S. The van der Waals surface area contributed by atoms with E-state index in [4.69, 9.17) is 5.10 Å². The van der Waals surface area contributed by atoms with Gasteiger partial charge in [0.25, 0.3) is 0 Å². The molecule has 0 aliphatic carbocycles. The van der Waals surface area contributed by atoms with Crippen LogP contribution in [0.25, 0.3) is 17.2 Å². The smallest absolute Gasteiger partial charge is 0.229 e. The maximum absolute atomic E-state index is 11.5. The first-order valence-electron chi connectivity index (χ1n) is 8.39. The van der Waals surface area contributed by atoms with Crippen LogP contribution >= 0.6 is 0 Å². The third-order valence-corrected chi connectivity index (χ3v) is 4.80. The standard InChI is InChI=1S/C17H20N6O2S/c1-26(24,25)21-13-4-2-5-14(10-13)22-9-7-19-17(22)16-11-15-12-18-6-3-8-23(15)20-16/h2,4-5,7,9-11,18,21H,3,6,8,12H2,1H3. The molecule has 0 bridgehead atoms. The minimum absolute atomic E-state index is 0.509. The van der Waals surface area contributed by atoms with Gasteiger partial charge < -0.3 is 5.32 Å². The zero-order chi connectivity index (χ0) is 18.1. The van der Waals surface area contributed by atoms with Gasteiger partial charge in [-0.05, 0) is 37.2 Å². The first-order chi connectivity index (χ1) is 12.5. The highest BCUT2D eigenvalue weighted by Crippen LogP contribution is 2.24. The normalized spacial score (nSPS) is 14.7. The van der Waals surface area contributed by atoms with E-state index in [-0.39, 0.29) is 0 Å². The molecule has 0 atom stereocenters. The van der Waals surface area contributed by atoms with Gasteiger partial charge in [0.05, 0.1) is 17.6 Å². The van der Waals surface area contributed by atoms with E-state index >= 15 is 0 Å². The number of aryl methyl sites for hydroxylation is 1. The number of imidazole rings is 1. The highest BCUT2D eigenvalue weighted by molar-refractivity contribution is 7.92. The van der Waals surface area contributed by atoms with Crippen LogP contribution in [0.4, 0.5) is 5.69 Å². The Morgan fingerprint density at radius 2 is 2.15 bits per heavy atom. The van der Waals surface area contributed by atoms with Crippen LogP contribution in [0.3, 0.4) is 0 Å². The molecule has 0 unspecified atom stereocenters. The molecule has 8 nitrogen and oxygen atoms in total. The van der Waals surface area contributed by atoms with Gasteiger partial charge in [-0.2, -0.15) is 5.10 Å². The monoisotopic (exact) mass is 372 g/mol. The Morgan fingerprint density at radius 3 is 3.00 bits per heavy atom. The second-order valence-corrected chi connectivity index (χ2v) is 8.07. The summed E-state index contributed by atoms with van der Waals surface area (Å²) in [6.45, 7) is 2.67. The molecule has 0 radical (unpaired) electrons. The van der Waals surface area contributed by atoms with E-state index in [0.717, 1.165) is 55.2 Å². The summed E-state index contributed by atoms with van der Waals surface area (Å²) in [4.78, 5) is 4.46. The fourth-order valence-corrected chi connectivity index (χ4v) is 3.66. The summed E-state index contributed by atoms with van der Waals surface area (Å²) >= 11 is 0. The molecule has 0 fully saturated rings. The average molecular weight is 372 g/mol. The molecule has 26 heavy (non-hydrogen) atoms. The third kappa shape index (κ3) is 3.49. The van der Waals surface area contributed by atoms with Crippen LogP contribution < -0.4 is 10.0 Å². The van der Waals surface area contributed by atoms with Crippen molar-refractivity contribution in [2.24, 2.45) is 0 Å². The van der Waals surface area contributed by atoms with Crippen LogP contribution in [0.15, 0.2) is 42.7 Å². The molecule has 1 aliphatic heterocycles. The quantitative estimate of drug-likeness (QED) is 0.726. The van der Waals surface area contributed by atoms with E-state index in [1.807, 2.05) is 21.5 Å². The number of anilines is 1. The predicted octanol–water partition coefficient (Wildman–Crippen LogP) is 1.60. The summed E-state index contributed by atoms with van der Waals surface area (Å²) in [6.07, 6.45) is 5.74. The van der Waals surface area contributed by atoms with E-state index in [9.17, 15) is 8.42 Å². The van der Waals surface area contributed by atoms with Gasteiger partial charge in [0.1, 0.15) is 5.69 Å². The van der Waals surface area contributed by atoms with Crippen LogP contribution in [0.5, 0.6) is 0 Å². The summed E-state index contributed by atoms with van der Waals surface area (Å²) in [5, 5.41) is 8.09. The largest absolute Gasteiger partial charge is 0.311 e. The Bertz CT molecular complexity index is 1010. The van der Waals surface area contributed by atoms with Crippen LogP contribution in [0.2, 0.25) is 0 Å². The first kappa shape index (κ1) is 16.8. The highest BCUT2D eigenvalue weighted by atomic mass is 32.2.